The molecule has 2 aromatic rings. The fourth-order valence-corrected chi connectivity index (χ4v) is 1.95. The molecule has 0 unspecified atom stereocenters. The van der Waals surface area contributed by atoms with E-state index in [1.165, 1.54) is 11.3 Å². The van der Waals surface area contributed by atoms with Crippen molar-refractivity contribution in [2.24, 2.45) is 5.73 Å². The third kappa shape index (κ3) is 2.88. The fraction of sp³-hybridized carbons (Fsp3) is 0.286. The van der Waals surface area contributed by atoms with Crippen LogP contribution in [-0.2, 0) is 6.54 Å². The Kier molecular flexibility index (Phi) is 3.83. The van der Waals surface area contributed by atoms with Crippen molar-refractivity contribution >= 4 is 5.69 Å². The molecule has 0 radical (unpaired) electrons. The maximum Gasteiger partial charge on any atom is 0.123 e. The van der Waals surface area contributed by atoms with Gasteiger partial charge in [0.15, 0.2) is 0 Å². The van der Waals surface area contributed by atoms with Gasteiger partial charge in [0.1, 0.15) is 5.76 Å². The normalized spacial score (nSPS) is 10.5. The minimum Gasteiger partial charge on any atom is -0.467 e. The topological polar surface area (TPSA) is 42.4 Å². The van der Waals surface area contributed by atoms with Crippen molar-refractivity contribution in [1.82, 2.24) is 0 Å². The summed E-state index contributed by atoms with van der Waals surface area (Å²) in [7, 11) is 0. The zero-order chi connectivity index (χ0) is 12.1. The van der Waals surface area contributed by atoms with Crippen LogP contribution in [0, 0.1) is 6.92 Å². The third-order valence-electron chi connectivity index (χ3n) is 2.78. The quantitative estimate of drug-likeness (QED) is 0.858. The van der Waals surface area contributed by atoms with Crippen LogP contribution in [-0.4, -0.2) is 13.1 Å². The number of anilines is 1. The Balaban J connectivity index is 2.20. The number of rotatable bonds is 5. The summed E-state index contributed by atoms with van der Waals surface area (Å²) < 4.78 is 5.39. The number of aryl methyl sites for hydroxylation is 1. The van der Waals surface area contributed by atoms with Crippen LogP contribution in [0.15, 0.2) is 47.1 Å². The Hall–Kier alpha value is -1.74. The van der Waals surface area contributed by atoms with Crippen molar-refractivity contribution in [3.8, 4) is 0 Å². The Morgan fingerprint density at radius 2 is 2.00 bits per heavy atom. The van der Waals surface area contributed by atoms with Gasteiger partial charge in [-0.3, -0.25) is 0 Å². The number of nitrogens with two attached hydrogens (primary N) is 1. The van der Waals surface area contributed by atoms with Gasteiger partial charge in [-0.15, -0.1) is 0 Å². The van der Waals surface area contributed by atoms with Gasteiger partial charge in [-0.2, -0.15) is 0 Å². The largest absolute Gasteiger partial charge is 0.467 e. The molecule has 0 aliphatic carbocycles. The minimum atomic E-state index is 0.634. The van der Waals surface area contributed by atoms with Gasteiger partial charge in [-0.05, 0) is 30.7 Å². The van der Waals surface area contributed by atoms with Gasteiger partial charge in [0.25, 0.3) is 0 Å². The predicted octanol–water partition coefficient (Wildman–Crippen LogP) is 2.55. The minimum absolute atomic E-state index is 0.634. The van der Waals surface area contributed by atoms with Crippen molar-refractivity contribution in [1.29, 1.82) is 0 Å². The van der Waals surface area contributed by atoms with E-state index in [-0.39, 0.29) is 0 Å². The molecule has 1 aromatic carbocycles. The Morgan fingerprint density at radius 1 is 1.18 bits per heavy atom. The van der Waals surface area contributed by atoms with Crippen molar-refractivity contribution < 1.29 is 4.42 Å². The third-order valence-corrected chi connectivity index (χ3v) is 2.78. The van der Waals surface area contributed by atoms with E-state index in [0.717, 1.165) is 18.8 Å². The van der Waals surface area contributed by atoms with Gasteiger partial charge < -0.3 is 15.1 Å². The molecular weight excluding hydrogens is 212 g/mol. The number of furan rings is 1. The lowest BCUT2D eigenvalue weighted by Crippen LogP contribution is -2.29. The van der Waals surface area contributed by atoms with Gasteiger partial charge in [0, 0.05) is 18.8 Å². The lowest BCUT2D eigenvalue weighted by atomic mass is 10.1. The zero-order valence-electron chi connectivity index (χ0n) is 10.1. The van der Waals surface area contributed by atoms with E-state index in [0.29, 0.717) is 6.54 Å². The maximum atomic E-state index is 5.67. The van der Waals surface area contributed by atoms with Gasteiger partial charge >= 0.3 is 0 Å². The van der Waals surface area contributed by atoms with Crippen LogP contribution >= 0.6 is 0 Å². The lowest BCUT2D eigenvalue weighted by Gasteiger charge is -2.24. The summed E-state index contributed by atoms with van der Waals surface area (Å²) in [5, 5.41) is 0. The molecule has 2 rings (SSSR count). The van der Waals surface area contributed by atoms with Gasteiger partial charge in [0.2, 0.25) is 0 Å². The summed E-state index contributed by atoms with van der Waals surface area (Å²) in [5.41, 5.74) is 8.15. The molecule has 0 spiro atoms. The summed E-state index contributed by atoms with van der Waals surface area (Å²) in [4.78, 5) is 2.24. The van der Waals surface area contributed by atoms with Crippen molar-refractivity contribution in [2.75, 3.05) is 18.0 Å². The highest BCUT2D eigenvalue weighted by Crippen LogP contribution is 2.21. The first kappa shape index (κ1) is 11.7. The lowest BCUT2D eigenvalue weighted by molar-refractivity contribution is 0.502. The molecule has 0 atom stereocenters. The molecule has 2 N–H and O–H groups in total. The van der Waals surface area contributed by atoms with E-state index < -0.39 is 0 Å². The smallest absolute Gasteiger partial charge is 0.123 e. The summed E-state index contributed by atoms with van der Waals surface area (Å²) in [6.07, 6.45) is 1.70. The second-order valence-electron chi connectivity index (χ2n) is 4.08. The summed E-state index contributed by atoms with van der Waals surface area (Å²) >= 11 is 0. The summed E-state index contributed by atoms with van der Waals surface area (Å²) in [5.74, 6) is 0.960. The first-order chi connectivity index (χ1) is 8.31. The van der Waals surface area contributed by atoms with Crippen LogP contribution in [0.3, 0.4) is 0 Å². The SMILES string of the molecule is Cc1ccccc1N(CCN)Cc1ccco1. The molecule has 0 bridgehead atoms. The Bertz CT molecular complexity index is 451. The van der Waals surface area contributed by atoms with Crippen LogP contribution < -0.4 is 10.6 Å². The van der Waals surface area contributed by atoms with Crippen LogP contribution in [0.4, 0.5) is 5.69 Å². The second kappa shape index (κ2) is 5.55. The number of benzene rings is 1. The number of para-hydroxylation sites is 1. The molecule has 3 heteroatoms. The molecule has 0 aliphatic rings. The van der Waals surface area contributed by atoms with Gasteiger partial charge in [0.05, 0.1) is 12.8 Å². The van der Waals surface area contributed by atoms with E-state index in [2.05, 4.69) is 24.0 Å². The average molecular weight is 230 g/mol. The number of hydrogen-bond donors (Lipinski definition) is 1. The first-order valence-electron chi connectivity index (χ1n) is 5.84. The van der Waals surface area contributed by atoms with Crippen LogP contribution in [0.5, 0.6) is 0 Å². The van der Waals surface area contributed by atoms with Crippen molar-refractivity contribution in [3.63, 3.8) is 0 Å². The molecule has 90 valence electrons. The molecule has 0 aliphatic heterocycles. The van der Waals surface area contributed by atoms with Crippen LogP contribution in [0.25, 0.3) is 0 Å². The molecule has 0 saturated heterocycles. The fourth-order valence-electron chi connectivity index (χ4n) is 1.95. The molecule has 3 nitrogen and oxygen atoms in total. The standard InChI is InChI=1S/C14H18N2O/c1-12-5-2-3-7-14(12)16(9-8-15)11-13-6-4-10-17-13/h2-7,10H,8-9,11,15H2,1H3. The molecule has 0 saturated carbocycles. The molecule has 0 fully saturated rings. The average Bonchev–Trinajstić information content (AvgIpc) is 2.82. The highest BCUT2D eigenvalue weighted by molar-refractivity contribution is 5.53. The van der Waals surface area contributed by atoms with Crippen molar-refractivity contribution in [2.45, 2.75) is 13.5 Å². The van der Waals surface area contributed by atoms with Crippen LogP contribution in [0.2, 0.25) is 0 Å². The summed E-state index contributed by atoms with van der Waals surface area (Å²) in [6.45, 7) is 4.33. The molecule has 1 heterocycles. The van der Waals surface area contributed by atoms with Crippen molar-refractivity contribution in [3.05, 3.63) is 54.0 Å². The maximum absolute atomic E-state index is 5.67. The zero-order valence-corrected chi connectivity index (χ0v) is 10.1. The summed E-state index contributed by atoms with van der Waals surface area (Å²) in [6, 6.07) is 12.2. The molecule has 1 aromatic heterocycles. The molecular formula is C14H18N2O. The number of hydrogen-bond acceptors (Lipinski definition) is 3. The highest BCUT2D eigenvalue weighted by atomic mass is 16.3. The van der Waals surface area contributed by atoms with Crippen LogP contribution in [0.1, 0.15) is 11.3 Å². The number of nitrogens with zero attached hydrogens (tertiary/aromatic N) is 1. The highest BCUT2D eigenvalue weighted by Gasteiger charge is 2.09. The Morgan fingerprint density at radius 3 is 2.65 bits per heavy atom. The molecule has 0 amide bonds. The van der Waals surface area contributed by atoms with Gasteiger partial charge in [-0.25, -0.2) is 0 Å². The van der Waals surface area contributed by atoms with E-state index in [9.17, 15) is 0 Å². The second-order valence-corrected chi connectivity index (χ2v) is 4.08. The molecule has 17 heavy (non-hydrogen) atoms. The van der Waals surface area contributed by atoms with E-state index >= 15 is 0 Å². The van der Waals surface area contributed by atoms with E-state index in [1.807, 2.05) is 24.3 Å². The van der Waals surface area contributed by atoms with E-state index in [1.54, 1.807) is 6.26 Å². The monoisotopic (exact) mass is 230 g/mol. The van der Waals surface area contributed by atoms with Gasteiger partial charge in [-0.1, -0.05) is 18.2 Å². The Labute approximate surface area is 102 Å². The predicted molar refractivity (Wildman–Crippen MR) is 70.0 cm³/mol. The first-order valence-corrected chi connectivity index (χ1v) is 5.84. The van der Waals surface area contributed by atoms with E-state index in [4.69, 9.17) is 10.2 Å².